The minimum absolute atomic E-state index is 0.135. The van der Waals surface area contributed by atoms with Crippen molar-refractivity contribution in [2.75, 3.05) is 6.61 Å². The summed E-state index contributed by atoms with van der Waals surface area (Å²) >= 11 is 3.44. The third-order valence-corrected chi connectivity index (χ3v) is 4.83. The maximum absolute atomic E-state index is 12.0. The van der Waals surface area contributed by atoms with Crippen molar-refractivity contribution in [3.8, 4) is 11.6 Å². The number of nitrogens with zero attached hydrogens (tertiary/aromatic N) is 2. The number of amides is 1. The largest absolute Gasteiger partial charge is 0.493 e. The van der Waals surface area contributed by atoms with Crippen LogP contribution in [0.15, 0.2) is 45.0 Å². The Kier molecular flexibility index (Phi) is 5.08. The van der Waals surface area contributed by atoms with E-state index in [0.29, 0.717) is 16.7 Å². The van der Waals surface area contributed by atoms with E-state index in [9.17, 15) is 9.90 Å². The number of carbonyl (C=O) groups is 1. The smallest absolute Gasteiger partial charge is 0.302 e. The van der Waals surface area contributed by atoms with Crippen LogP contribution in [0.3, 0.4) is 0 Å². The lowest BCUT2D eigenvalue weighted by Crippen LogP contribution is -2.08. The molecule has 0 saturated heterocycles. The first-order valence-corrected chi connectivity index (χ1v) is 8.80. The van der Waals surface area contributed by atoms with Crippen LogP contribution in [0.25, 0.3) is 10.9 Å². The average Bonchev–Trinajstić information content (AvgIpc) is 2.87. The summed E-state index contributed by atoms with van der Waals surface area (Å²) in [5, 5.41) is 18.3. The molecule has 7 heteroatoms. The molecule has 26 heavy (non-hydrogen) atoms. The minimum Gasteiger partial charge on any atom is -0.493 e. The zero-order valence-corrected chi connectivity index (χ0v) is 16.2. The second kappa shape index (κ2) is 7.29. The van der Waals surface area contributed by atoms with E-state index in [4.69, 9.17) is 4.74 Å². The fourth-order valence-electron chi connectivity index (χ4n) is 2.63. The minimum atomic E-state index is -0.535. The summed E-state index contributed by atoms with van der Waals surface area (Å²) in [5.41, 5.74) is 3.99. The first kappa shape index (κ1) is 18.1. The van der Waals surface area contributed by atoms with Gasteiger partial charge in [0.2, 0.25) is 5.88 Å². The van der Waals surface area contributed by atoms with E-state index >= 15 is 0 Å². The Morgan fingerprint density at radius 1 is 1.19 bits per heavy atom. The summed E-state index contributed by atoms with van der Waals surface area (Å²) < 4.78 is 6.41. The molecule has 2 aromatic carbocycles. The van der Waals surface area contributed by atoms with Crippen LogP contribution in [0.4, 0.5) is 5.69 Å². The Morgan fingerprint density at radius 2 is 1.96 bits per heavy atom. The number of rotatable bonds is 4. The predicted molar refractivity (Wildman–Crippen MR) is 103 cm³/mol. The number of hydrogen-bond donors (Lipinski definition) is 2. The number of H-pyrrole nitrogens is 1. The van der Waals surface area contributed by atoms with Gasteiger partial charge in [-0.3, -0.25) is 4.79 Å². The molecule has 6 nitrogen and oxygen atoms in total. The van der Waals surface area contributed by atoms with E-state index < -0.39 is 5.91 Å². The fraction of sp³-hybridized carbons (Fsp3) is 0.211. The van der Waals surface area contributed by atoms with Crippen LogP contribution < -0.4 is 4.74 Å². The molecule has 3 rings (SSSR count). The molecule has 0 radical (unpaired) electrons. The number of aryl methyl sites for hydroxylation is 3. The van der Waals surface area contributed by atoms with Crippen LogP contribution in [0.1, 0.15) is 16.7 Å². The third kappa shape index (κ3) is 3.77. The summed E-state index contributed by atoms with van der Waals surface area (Å²) in [4.78, 5) is 14.8. The molecular weight excluding hydrogens is 398 g/mol. The first-order valence-electron chi connectivity index (χ1n) is 8.00. The predicted octanol–water partition coefficient (Wildman–Crippen LogP) is 5.25. The quantitative estimate of drug-likeness (QED) is 0.570. The molecule has 0 aliphatic rings. The van der Waals surface area contributed by atoms with Crippen molar-refractivity contribution in [3.63, 3.8) is 0 Å². The van der Waals surface area contributed by atoms with Crippen molar-refractivity contribution in [3.05, 3.63) is 51.5 Å². The molecule has 0 aliphatic heterocycles. The summed E-state index contributed by atoms with van der Waals surface area (Å²) in [6.07, 6.45) is 0. The molecule has 0 saturated carbocycles. The highest BCUT2D eigenvalue weighted by molar-refractivity contribution is 9.10. The van der Waals surface area contributed by atoms with Gasteiger partial charge in [-0.2, -0.15) is 0 Å². The molecule has 3 aromatic rings. The maximum atomic E-state index is 12.0. The highest BCUT2D eigenvalue weighted by Gasteiger charge is 2.13. The van der Waals surface area contributed by atoms with Crippen molar-refractivity contribution in [1.29, 1.82) is 0 Å². The van der Waals surface area contributed by atoms with Gasteiger partial charge in [0.25, 0.3) is 0 Å². The van der Waals surface area contributed by atoms with Crippen molar-refractivity contribution in [2.24, 2.45) is 10.2 Å². The summed E-state index contributed by atoms with van der Waals surface area (Å²) in [7, 11) is 0. The molecule has 0 aliphatic carbocycles. The molecule has 0 atom stereocenters. The molecule has 1 amide bonds. The molecule has 0 fully saturated rings. The van der Waals surface area contributed by atoms with Crippen LogP contribution in [0.5, 0.6) is 11.6 Å². The molecule has 134 valence electrons. The molecule has 0 bridgehead atoms. The summed E-state index contributed by atoms with van der Waals surface area (Å²) in [6, 6.07) is 9.42. The maximum Gasteiger partial charge on any atom is 0.302 e. The van der Waals surface area contributed by atoms with Crippen molar-refractivity contribution >= 4 is 38.4 Å². The van der Waals surface area contributed by atoms with Crippen LogP contribution >= 0.6 is 15.9 Å². The first-order chi connectivity index (χ1) is 12.3. The Labute approximate surface area is 159 Å². The van der Waals surface area contributed by atoms with Gasteiger partial charge < -0.3 is 14.8 Å². The summed E-state index contributed by atoms with van der Waals surface area (Å²) in [6.45, 7) is 5.61. The number of fused-ring (bicyclic) bond motifs is 1. The topological polar surface area (TPSA) is 87.0 Å². The highest BCUT2D eigenvalue weighted by atomic mass is 79.9. The lowest BCUT2D eigenvalue weighted by Gasteiger charge is -2.07. The average molecular weight is 416 g/mol. The molecule has 0 unspecified atom stereocenters. The van der Waals surface area contributed by atoms with Gasteiger partial charge in [0, 0.05) is 9.86 Å². The Balaban J connectivity index is 1.75. The molecule has 1 aromatic heterocycles. The second-order valence-corrected chi connectivity index (χ2v) is 6.97. The number of aromatic nitrogens is 1. The SMILES string of the molecule is Cc1ccc(OCC(=O)N=Nc2c(O)[nH]c3cc(Br)c(C)cc23)c(C)c1. The second-order valence-electron chi connectivity index (χ2n) is 6.12. The van der Waals surface area contributed by atoms with E-state index in [1.807, 2.05) is 51.1 Å². The van der Waals surface area contributed by atoms with Crippen LogP contribution in [0, 0.1) is 20.8 Å². The Morgan fingerprint density at radius 3 is 2.69 bits per heavy atom. The number of benzene rings is 2. The number of aromatic hydroxyl groups is 1. The number of azo groups is 1. The van der Waals surface area contributed by atoms with E-state index in [2.05, 4.69) is 31.1 Å². The Hall–Kier alpha value is -2.67. The lowest BCUT2D eigenvalue weighted by molar-refractivity contribution is -0.120. The zero-order valence-electron chi connectivity index (χ0n) is 14.6. The van der Waals surface area contributed by atoms with Crippen molar-refractivity contribution < 1.29 is 14.6 Å². The zero-order chi connectivity index (χ0) is 18.8. The van der Waals surface area contributed by atoms with Gasteiger partial charge in [0.15, 0.2) is 12.3 Å². The van der Waals surface area contributed by atoms with E-state index in [-0.39, 0.29) is 18.2 Å². The Bertz CT molecular complexity index is 1020. The van der Waals surface area contributed by atoms with Gasteiger partial charge in [-0.15, -0.1) is 10.2 Å². The number of hydrogen-bond acceptors (Lipinski definition) is 4. The summed E-state index contributed by atoms with van der Waals surface area (Å²) in [5.74, 6) is -0.0357. The van der Waals surface area contributed by atoms with Crippen LogP contribution in [-0.4, -0.2) is 22.6 Å². The number of aromatic amines is 1. The van der Waals surface area contributed by atoms with Crippen molar-refractivity contribution in [1.82, 2.24) is 4.98 Å². The van der Waals surface area contributed by atoms with Crippen molar-refractivity contribution in [2.45, 2.75) is 20.8 Å². The molecule has 1 heterocycles. The lowest BCUT2D eigenvalue weighted by atomic mass is 10.1. The monoisotopic (exact) mass is 415 g/mol. The molecule has 2 N–H and O–H groups in total. The van der Waals surface area contributed by atoms with E-state index in [0.717, 1.165) is 21.2 Å². The van der Waals surface area contributed by atoms with Gasteiger partial charge in [0.05, 0.1) is 5.52 Å². The van der Waals surface area contributed by atoms with E-state index in [1.54, 1.807) is 0 Å². The van der Waals surface area contributed by atoms with Crippen LogP contribution in [-0.2, 0) is 4.79 Å². The van der Waals surface area contributed by atoms with Gasteiger partial charge in [-0.05, 0) is 50.1 Å². The van der Waals surface area contributed by atoms with Gasteiger partial charge in [0.1, 0.15) is 5.75 Å². The van der Waals surface area contributed by atoms with E-state index in [1.165, 1.54) is 0 Å². The fourth-order valence-corrected chi connectivity index (χ4v) is 2.98. The van der Waals surface area contributed by atoms with Gasteiger partial charge in [-0.25, -0.2) is 0 Å². The number of ether oxygens (including phenoxy) is 1. The molecule has 0 spiro atoms. The van der Waals surface area contributed by atoms with Gasteiger partial charge >= 0.3 is 5.91 Å². The third-order valence-electron chi connectivity index (χ3n) is 3.97. The molecular formula is C19H18BrN3O3. The number of halogens is 1. The number of carbonyl (C=O) groups excluding carboxylic acids is 1. The normalized spacial score (nSPS) is 11.4. The highest BCUT2D eigenvalue weighted by Crippen LogP contribution is 2.37. The van der Waals surface area contributed by atoms with Crippen LogP contribution in [0.2, 0.25) is 0 Å². The number of nitrogens with one attached hydrogen (secondary N) is 1. The standard InChI is InChI=1S/C19H18BrN3O3/c1-10-4-5-16(12(3)6-10)26-9-17(24)22-23-18-13-7-11(2)14(20)8-15(13)21-19(18)25/h4-8,21,25H,9H2,1-3H3. The van der Waals surface area contributed by atoms with Gasteiger partial charge in [-0.1, -0.05) is 33.6 Å².